The molecule has 2 heterocycles. The molecule has 12 aromatic rings. The van der Waals surface area contributed by atoms with Gasteiger partial charge in [0.15, 0.2) is 5.58 Å². The molecule has 10 aromatic carbocycles. The maximum absolute atomic E-state index is 7.14. The van der Waals surface area contributed by atoms with E-state index < -0.39 is 0 Å². The number of hydrogen-bond donors (Lipinski definition) is 0. The van der Waals surface area contributed by atoms with Crippen LogP contribution in [0.15, 0.2) is 221 Å². The molecule has 3 nitrogen and oxygen atoms in total. The normalized spacial score (nSPS) is 11.7. The molecule has 0 aliphatic heterocycles. The third-order valence-corrected chi connectivity index (χ3v) is 11.8. The first-order chi connectivity index (χ1) is 29.2. The molecular weight excluding hydrogens is 719 g/mol. The van der Waals surface area contributed by atoms with Crippen LogP contribution in [0, 0.1) is 0 Å². The van der Waals surface area contributed by atoms with Crippen LogP contribution in [-0.2, 0) is 0 Å². The number of rotatable bonds is 6. The molecule has 12 rings (SSSR count). The molecule has 0 saturated carbocycles. The van der Waals surface area contributed by atoms with Gasteiger partial charge in [-0.25, -0.2) is 0 Å². The van der Waals surface area contributed by atoms with Gasteiger partial charge in [-0.05, 0) is 86.4 Å². The highest BCUT2D eigenvalue weighted by Crippen LogP contribution is 2.48. The molecule has 0 spiro atoms. The number of fused-ring (bicyclic) bond motifs is 9. The number of benzene rings is 10. The Kier molecular flexibility index (Phi) is 7.54. The smallest absolute Gasteiger partial charge is 0.159 e. The summed E-state index contributed by atoms with van der Waals surface area (Å²) in [6.45, 7) is 0. The fraction of sp³-hybridized carbons (Fsp3) is 0. The van der Waals surface area contributed by atoms with Gasteiger partial charge in [0, 0.05) is 44.2 Å². The van der Waals surface area contributed by atoms with Gasteiger partial charge in [0.1, 0.15) is 16.7 Å². The maximum atomic E-state index is 7.14. The van der Waals surface area contributed by atoms with Crippen molar-refractivity contribution in [3.63, 3.8) is 0 Å². The molecule has 0 aliphatic carbocycles. The van der Waals surface area contributed by atoms with E-state index in [1.54, 1.807) is 0 Å². The largest absolute Gasteiger partial charge is 0.455 e. The highest BCUT2D eigenvalue weighted by atomic mass is 16.3. The summed E-state index contributed by atoms with van der Waals surface area (Å²) in [6, 6.07) is 75.6. The van der Waals surface area contributed by atoms with Gasteiger partial charge in [0.25, 0.3) is 0 Å². The Morgan fingerprint density at radius 1 is 0.288 bits per heavy atom. The monoisotopic (exact) mass is 753 g/mol. The van der Waals surface area contributed by atoms with Gasteiger partial charge in [-0.1, -0.05) is 164 Å². The first kappa shape index (κ1) is 33.3. The van der Waals surface area contributed by atoms with Crippen molar-refractivity contribution in [1.29, 1.82) is 0 Å². The molecule has 276 valence electrons. The summed E-state index contributed by atoms with van der Waals surface area (Å²) in [5, 5.41) is 9.05. The molecule has 0 aliphatic rings. The number of para-hydroxylation sites is 1. The van der Waals surface area contributed by atoms with Crippen molar-refractivity contribution in [2.45, 2.75) is 0 Å². The predicted molar refractivity (Wildman–Crippen MR) is 247 cm³/mol. The van der Waals surface area contributed by atoms with Crippen LogP contribution in [0.1, 0.15) is 0 Å². The lowest BCUT2D eigenvalue weighted by Crippen LogP contribution is -2.10. The van der Waals surface area contributed by atoms with Crippen molar-refractivity contribution in [3.05, 3.63) is 212 Å². The molecule has 2 aromatic heterocycles. The molecule has 0 bridgehead atoms. The van der Waals surface area contributed by atoms with E-state index in [0.29, 0.717) is 0 Å². The average Bonchev–Trinajstić information content (AvgIpc) is 3.88. The molecular formula is C56H35NO2. The van der Waals surface area contributed by atoms with Gasteiger partial charge in [-0.15, -0.1) is 0 Å². The van der Waals surface area contributed by atoms with E-state index in [2.05, 4.69) is 217 Å². The van der Waals surface area contributed by atoms with E-state index in [1.165, 1.54) is 16.3 Å². The maximum Gasteiger partial charge on any atom is 0.159 e. The standard InChI is InChI=1S/C56H35NO2/c1-3-13-36(14-4-1)41-33-51-49-24-12-23-47(38-15-5-2-6-16-38)55(49)59-56(51)52(34-41)57(42-28-25-40(26-29-42)45-22-11-19-37-17-7-9-20-44(37)45)43-30-32-48-50-31-27-39-18-8-10-21-46(39)54(50)58-53(48)35-43/h1-35H. The number of nitrogens with zero attached hydrogens (tertiary/aromatic N) is 1. The van der Waals surface area contributed by atoms with Crippen LogP contribution in [0.2, 0.25) is 0 Å². The molecule has 59 heavy (non-hydrogen) atoms. The van der Waals surface area contributed by atoms with Gasteiger partial charge in [0.05, 0.1) is 11.4 Å². The van der Waals surface area contributed by atoms with Crippen LogP contribution in [0.4, 0.5) is 17.1 Å². The number of anilines is 3. The zero-order valence-corrected chi connectivity index (χ0v) is 32.0. The fourth-order valence-electron chi connectivity index (χ4n) is 9.02. The summed E-state index contributed by atoms with van der Waals surface area (Å²) >= 11 is 0. The first-order valence-electron chi connectivity index (χ1n) is 20.1. The van der Waals surface area contributed by atoms with Crippen LogP contribution in [-0.4, -0.2) is 0 Å². The zero-order valence-electron chi connectivity index (χ0n) is 32.0. The molecule has 0 radical (unpaired) electrons. The third-order valence-electron chi connectivity index (χ3n) is 11.8. The van der Waals surface area contributed by atoms with Gasteiger partial charge in [-0.2, -0.15) is 0 Å². The highest BCUT2D eigenvalue weighted by Gasteiger charge is 2.24. The van der Waals surface area contributed by atoms with Crippen molar-refractivity contribution in [2.75, 3.05) is 4.90 Å². The Morgan fingerprint density at radius 2 is 0.881 bits per heavy atom. The summed E-state index contributed by atoms with van der Waals surface area (Å²) in [4.78, 5) is 2.33. The van der Waals surface area contributed by atoms with Crippen LogP contribution in [0.3, 0.4) is 0 Å². The molecule has 0 amide bonds. The number of hydrogen-bond acceptors (Lipinski definition) is 3. The Hall–Kier alpha value is -7.88. The lowest BCUT2D eigenvalue weighted by molar-refractivity contribution is 0.669. The summed E-state index contributed by atoms with van der Waals surface area (Å²) in [6.07, 6.45) is 0. The Bertz CT molecular complexity index is 3540. The zero-order chi connectivity index (χ0) is 38.9. The molecule has 0 N–H and O–H groups in total. The molecule has 0 unspecified atom stereocenters. The lowest BCUT2D eigenvalue weighted by atomic mass is 9.97. The Labute approximate surface area is 340 Å². The minimum Gasteiger partial charge on any atom is -0.455 e. The summed E-state index contributed by atoms with van der Waals surface area (Å²) in [5.41, 5.74) is 13.1. The predicted octanol–water partition coefficient (Wildman–Crippen LogP) is 16.3. The van der Waals surface area contributed by atoms with Crippen molar-refractivity contribution < 1.29 is 8.83 Å². The van der Waals surface area contributed by atoms with Gasteiger partial charge < -0.3 is 13.7 Å². The minimum absolute atomic E-state index is 0.817. The van der Waals surface area contributed by atoms with Gasteiger partial charge in [-0.3, -0.25) is 0 Å². The second kappa shape index (κ2) is 13.4. The van der Waals surface area contributed by atoms with E-state index in [0.717, 1.165) is 99.5 Å². The van der Waals surface area contributed by atoms with Crippen LogP contribution in [0.5, 0.6) is 0 Å². The summed E-state index contributed by atoms with van der Waals surface area (Å²) in [5.74, 6) is 0. The molecule has 0 fully saturated rings. The SMILES string of the molecule is c1ccc(-c2cc(N(c3ccc(-c4cccc5ccccc45)cc3)c3ccc4c(c3)oc3c5ccccc5ccc43)c3oc4c(-c5ccccc5)cccc4c3c2)cc1. The van der Waals surface area contributed by atoms with E-state index in [9.17, 15) is 0 Å². The second-order valence-electron chi connectivity index (χ2n) is 15.2. The third kappa shape index (κ3) is 5.44. The van der Waals surface area contributed by atoms with Gasteiger partial charge >= 0.3 is 0 Å². The summed E-state index contributed by atoms with van der Waals surface area (Å²) < 4.78 is 13.9. The van der Waals surface area contributed by atoms with E-state index >= 15 is 0 Å². The van der Waals surface area contributed by atoms with Crippen LogP contribution in [0.25, 0.3) is 98.8 Å². The van der Waals surface area contributed by atoms with Crippen molar-refractivity contribution in [2.24, 2.45) is 0 Å². The van der Waals surface area contributed by atoms with Crippen molar-refractivity contribution in [3.8, 4) is 33.4 Å². The molecule has 0 saturated heterocycles. The van der Waals surface area contributed by atoms with Crippen LogP contribution < -0.4 is 4.90 Å². The first-order valence-corrected chi connectivity index (χ1v) is 20.1. The lowest BCUT2D eigenvalue weighted by Gasteiger charge is -2.26. The topological polar surface area (TPSA) is 29.5 Å². The quantitative estimate of drug-likeness (QED) is 0.169. The van der Waals surface area contributed by atoms with Crippen LogP contribution >= 0.6 is 0 Å². The minimum atomic E-state index is 0.817. The van der Waals surface area contributed by atoms with Crippen molar-refractivity contribution >= 4 is 82.5 Å². The Balaban J connectivity index is 1.13. The number of furan rings is 2. The molecule has 3 heteroatoms. The van der Waals surface area contributed by atoms with Crippen molar-refractivity contribution in [1.82, 2.24) is 0 Å². The molecule has 0 atom stereocenters. The average molecular weight is 754 g/mol. The van der Waals surface area contributed by atoms with E-state index in [1.807, 2.05) is 0 Å². The highest BCUT2D eigenvalue weighted by molar-refractivity contribution is 6.17. The van der Waals surface area contributed by atoms with E-state index in [4.69, 9.17) is 8.83 Å². The van der Waals surface area contributed by atoms with Gasteiger partial charge in [0.2, 0.25) is 0 Å². The Morgan fingerprint density at radius 3 is 1.69 bits per heavy atom. The van der Waals surface area contributed by atoms with E-state index in [-0.39, 0.29) is 0 Å². The fourth-order valence-corrected chi connectivity index (χ4v) is 9.02. The second-order valence-corrected chi connectivity index (χ2v) is 15.2. The summed E-state index contributed by atoms with van der Waals surface area (Å²) in [7, 11) is 0.